The van der Waals surface area contributed by atoms with Gasteiger partial charge in [0.05, 0.1) is 0 Å². The zero-order valence-electron chi connectivity index (χ0n) is 16.7. The van der Waals surface area contributed by atoms with Crippen molar-refractivity contribution in [2.75, 3.05) is 11.9 Å². The largest absolute Gasteiger partial charge is 0.434 e. The van der Waals surface area contributed by atoms with E-state index in [2.05, 4.69) is 35.8 Å². The molecule has 0 atom stereocenters. The topological polar surface area (TPSA) is 139 Å². The van der Waals surface area contributed by atoms with Crippen molar-refractivity contribution < 1.29 is 22.4 Å². The number of nitrogens with one attached hydrogen (secondary N) is 3. The van der Waals surface area contributed by atoms with E-state index in [0.717, 1.165) is 16.7 Å². The van der Waals surface area contributed by atoms with Crippen LogP contribution in [0.3, 0.4) is 0 Å². The summed E-state index contributed by atoms with van der Waals surface area (Å²) < 4.78 is 44.3. The van der Waals surface area contributed by atoms with Crippen molar-refractivity contribution in [3.8, 4) is 33.3 Å². The summed E-state index contributed by atoms with van der Waals surface area (Å²) in [5.41, 5.74) is 0.411. The summed E-state index contributed by atoms with van der Waals surface area (Å²) in [7, 11) is 0. The van der Waals surface area contributed by atoms with Crippen LogP contribution < -0.4 is 16.4 Å². The second kappa shape index (κ2) is 8.82. The van der Waals surface area contributed by atoms with E-state index in [1.165, 1.54) is 24.5 Å². The van der Waals surface area contributed by atoms with Gasteiger partial charge in [0.25, 0.3) is 5.89 Å². The molecule has 0 bridgehead atoms. The van der Waals surface area contributed by atoms with Gasteiger partial charge in [-0.25, -0.2) is 24.7 Å². The number of aromatic amines is 1. The zero-order valence-corrected chi connectivity index (χ0v) is 17.5. The van der Waals surface area contributed by atoms with E-state index < -0.39 is 23.7 Å². The molecular formula is C19H14F3N7O3S. The molecule has 14 heteroatoms. The molecule has 3 N–H and O–H groups in total. The van der Waals surface area contributed by atoms with Crippen LogP contribution in [0.4, 0.5) is 23.8 Å². The fourth-order valence-electron chi connectivity index (χ4n) is 2.83. The molecule has 0 aliphatic carbocycles. The molecule has 4 aromatic rings. The van der Waals surface area contributed by atoms with Crippen molar-refractivity contribution in [1.82, 2.24) is 30.5 Å². The Balaban J connectivity index is 1.81. The number of hydrogen-bond acceptors (Lipinski definition) is 8. The van der Waals surface area contributed by atoms with Gasteiger partial charge in [-0.15, -0.1) is 16.4 Å². The average molecular weight is 477 g/mol. The number of aromatic nitrogens is 5. The first kappa shape index (κ1) is 22.1. The highest BCUT2D eigenvalue weighted by Crippen LogP contribution is 2.38. The SMILES string of the molecule is CCNC(=O)Nc1cc(-c2nc(C(F)(F)F)cs2)c(-c2ccnc(-c3n[nH]c(=O)o3)c2)cn1. The number of alkyl halides is 3. The molecule has 33 heavy (non-hydrogen) atoms. The molecular weight excluding hydrogens is 463 g/mol. The van der Waals surface area contributed by atoms with Gasteiger partial charge in [0.2, 0.25) is 0 Å². The number of carbonyl (C=O) groups is 1. The molecule has 0 unspecified atom stereocenters. The van der Waals surface area contributed by atoms with E-state index in [1.54, 1.807) is 13.0 Å². The number of pyridine rings is 2. The fourth-order valence-corrected chi connectivity index (χ4v) is 3.69. The normalized spacial score (nSPS) is 11.4. The Bertz CT molecular complexity index is 1360. The molecule has 0 aromatic carbocycles. The molecule has 0 saturated heterocycles. The molecule has 0 aliphatic rings. The second-order valence-corrected chi connectivity index (χ2v) is 7.34. The molecule has 0 radical (unpaired) electrons. The van der Waals surface area contributed by atoms with Crippen LogP contribution in [0.1, 0.15) is 12.6 Å². The Morgan fingerprint density at radius 2 is 2.06 bits per heavy atom. The highest BCUT2D eigenvalue weighted by molar-refractivity contribution is 7.13. The third-order valence-electron chi connectivity index (χ3n) is 4.24. The van der Waals surface area contributed by atoms with Crippen LogP contribution in [0.5, 0.6) is 0 Å². The second-order valence-electron chi connectivity index (χ2n) is 6.48. The van der Waals surface area contributed by atoms with Crippen molar-refractivity contribution >= 4 is 23.2 Å². The van der Waals surface area contributed by atoms with Crippen molar-refractivity contribution in [3.05, 3.63) is 52.2 Å². The summed E-state index contributed by atoms with van der Waals surface area (Å²) in [6, 6.07) is 4.05. The third kappa shape index (κ3) is 4.90. The van der Waals surface area contributed by atoms with Crippen molar-refractivity contribution in [1.29, 1.82) is 0 Å². The van der Waals surface area contributed by atoms with Gasteiger partial charge < -0.3 is 9.73 Å². The Morgan fingerprint density at radius 1 is 1.24 bits per heavy atom. The molecule has 4 rings (SSSR count). The minimum absolute atomic E-state index is 0.0560. The maximum absolute atomic E-state index is 13.1. The minimum atomic E-state index is -4.61. The highest BCUT2D eigenvalue weighted by Gasteiger charge is 2.34. The van der Waals surface area contributed by atoms with E-state index in [-0.39, 0.29) is 22.4 Å². The quantitative estimate of drug-likeness (QED) is 0.398. The standard InChI is InChI=1S/C19H14F3N7O3S/c1-2-23-17(30)27-14-6-10(16-26-13(8-33-16)19(20,21)22)11(7-25-14)9-3-4-24-12(5-9)15-28-29-18(31)32-15/h3-8H,2H2,1H3,(H,29,31)(H2,23,25,27,30). The van der Waals surface area contributed by atoms with E-state index in [9.17, 15) is 22.8 Å². The molecule has 2 amide bonds. The van der Waals surface area contributed by atoms with E-state index in [1.807, 2.05) is 0 Å². The van der Waals surface area contributed by atoms with E-state index >= 15 is 0 Å². The van der Waals surface area contributed by atoms with Crippen LogP contribution >= 0.6 is 11.3 Å². The molecule has 0 fully saturated rings. The Morgan fingerprint density at radius 3 is 2.73 bits per heavy atom. The number of urea groups is 1. The van der Waals surface area contributed by atoms with Crippen LogP contribution in [0.25, 0.3) is 33.3 Å². The third-order valence-corrected chi connectivity index (χ3v) is 5.11. The van der Waals surface area contributed by atoms with Crippen LogP contribution in [-0.2, 0) is 6.18 Å². The number of H-pyrrole nitrogens is 1. The summed E-state index contributed by atoms with van der Waals surface area (Å²) >= 11 is 0.800. The maximum Gasteiger partial charge on any atom is 0.434 e. The number of nitrogens with zero attached hydrogens (tertiary/aromatic N) is 4. The van der Waals surface area contributed by atoms with Gasteiger partial charge in [0.1, 0.15) is 16.5 Å². The van der Waals surface area contributed by atoms with Gasteiger partial charge in [0.15, 0.2) is 5.69 Å². The van der Waals surface area contributed by atoms with Gasteiger partial charge in [-0.1, -0.05) is 0 Å². The van der Waals surface area contributed by atoms with E-state index in [4.69, 9.17) is 4.42 Å². The first-order valence-corrected chi connectivity index (χ1v) is 10.2. The molecule has 4 aromatic heterocycles. The number of amides is 2. The predicted molar refractivity (Wildman–Crippen MR) is 112 cm³/mol. The summed E-state index contributed by atoms with van der Waals surface area (Å²) in [6.07, 6.45) is -1.79. The van der Waals surface area contributed by atoms with Gasteiger partial charge in [-0.2, -0.15) is 13.2 Å². The molecule has 10 nitrogen and oxygen atoms in total. The average Bonchev–Trinajstić information content (AvgIpc) is 3.43. The predicted octanol–water partition coefficient (Wildman–Crippen LogP) is 3.77. The molecule has 170 valence electrons. The monoisotopic (exact) mass is 477 g/mol. The Labute approximate surface area is 186 Å². The summed E-state index contributed by atoms with van der Waals surface area (Å²) in [6.45, 7) is 2.11. The lowest BCUT2D eigenvalue weighted by atomic mass is 10.0. The first-order valence-electron chi connectivity index (χ1n) is 9.35. The number of thiazole rings is 1. The van der Waals surface area contributed by atoms with Gasteiger partial charge in [-0.05, 0) is 30.7 Å². The number of anilines is 1. The number of halogens is 3. The minimum Gasteiger partial charge on any atom is -0.386 e. The molecule has 4 heterocycles. The van der Waals surface area contributed by atoms with Gasteiger partial charge in [0, 0.05) is 35.4 Å². The van der Waals surface area contributed by atoms with Gasteiger partial charge >= 0.3 is 18.0 Å². The van der Waals surface area contributed by atoms with Crippen molar-refractivity contribution in [3.63, 3.8) is 0 Å². The Hall–Kier alpha value is -4.07. The molecule has 0 aliphatic heterocycles. The molecule has 0 spiro atoms. The fraction of sp³-hybridized carbons (Fsp3) is 0.158. The number of rotatable bonds is 5. The van der Waals surface area contributed by atoms with Crippen LogP contribution in [0.15, 0.2) is 45.2 Å². The van der Waals surface area contributed by atoms with Crippen LogP contribution in [0, 0.1) is 0 Å². The first-order chi connectivity index (χ1) is 15.7. The lowest BCUT2D eigenvalue weighted by molar-refractivity contribution is -0.140. The summed E-state index contributed by atoms with van der Waals surface area (Å²) in [4.78, 5) is 35.1. The van der Waals surface area contributed by atoms with Gasteiger partial charge in [-0.3, -0.25) is 10.3 Å². The smallest absolute Gasteiger partial charge is 0.386 e. The maximum atomic E-state index is 13.1. The molecule has 0 saturated carbocycles. The lowest BCUT2D eigenvalue weighted by Gasteiger charge is -2.11. The van der Waals surface area contributed by atoms with Crippen LogP contribution in [-0.4, -0.2) is 37.7 Å². The van der Waals surface area contributed by atoms with Crippen molar-refractivity contribution in [2.45, 2.75) is 13.1 Å². The summed E-state index contributed by atoms with van der Waals surface area (Å²) in [5, 5.41) is 11.9. The summed E-state index contributed by atoms with van der Waals surface area (Å²) in [5.74, 6) is -0.696. The zero-order chi connectivity index (χ0) is 23.6. The Kier molecular flexibility index (Phi) is 5.91. The lowest BCUT2D eigenvalue weighted by Crippen LogP contribution is -2.28. The highest BCUT2D eigenvalue weighted by atomic mass is 32.1. The van der Waals surface area contributed by atoms with Crippen LogP contribution in [0.2, 0.25) is 0 Å². The van der Waals surface area contributed by atoms with Crippen molar-refractivity contribution in [2.24, 2.45) is 0 Å². The number of carbonyl (C=O) groups excluding carboxylic acids is 1. The van der Waals surface area contributed by atoms with E-state index in [0.29, 0.717) is 23.2 Å². The number of hydrogen-bond donors (Lipinski definition) is 3.